The van der Waals surface area contributed by atoms with Crippen molar-refractivity contribution in [2.45, 2.75) is 0 Å². The molecule has 1 heterocycles. The lowest BCUT2D eigenvalue weighted by Gasteiger charge is -2.13. The number of carbonyl (C=O) groups is 3. The minimum absolute atomic E-state index is 0.222. The molecule has 0 saturated heterocycles. The van der Waals surface area contributed by atoms with Crippen molar-refractivity contribution in [1.82, 2.24) is 0 Å². The normalized spacial score (nSPS) is 16.5. The maximum atomic E-state index is 12.5. The van der Waals surface area contributed by atoms with Crippen molar-refractivity contribution in [3.05, 3.63) is 59.6 Å². The number of hydrogen-bond acceptors (Lipinski definition) is 5. The number of nitrogens with one attached hydrogen (secondary N) is 1. The van der Waals surface area contributed by atoms with Gasteiger partial charge in [-0.3, -0.25) is 14.4 Å². The van der Waals surface area contributed by atoms with Gasteiger partial charge in [-0.1, -0.05) is 35.9 Å². The summed E-state index contributed by atoms with van der Waals surface area (Å²) >= 11 is 5.83. The van der Waals surface area contributed by atoms with Crippen molar-refractivity contribution in [3.63, 3.8) is 0 Å². The summed E-state index contributed by atoms with van der Waals surface area (Å²) in [4.78, 5) is 37.0. The second-order valence-electron chi connectivity index (χ2n) is 5.27. The third kappa shape index (κ3) is 3.36. The Morgan fingerprint density at radius 3 is 2.52 bits per heavy atom. The van der Waals surface area contributed by atoms with Crippen LogP contribution in [0.5, 0.6) is 0 Å². The van der Waals surface area contributed by atoms with E-state index in [-0.39, 0.29) is 5.84 Å². The van der Waals surface area contributed by atoms with Gasteiger partial charge in [0, 0.05) is 10.7 Å². The van der Waals surface area contributed by atoms with Crippen LogP contribution in [0.15, 0.2) is 59.7 Å². The van der Waals surface area contributed by atoms with Gasteiger partial charge in [0.1, 0.15) is 5.84 Å². The van der Waals surface area contributed by atoms with Crippen molar-refractivity contribution in [1.29, 1.82) is 0 Å². The molecule has 0 aliphatic carbocycles. The van der Waals surface area contributed by atoms with Crippen LogP contribution in [0.3, 0.4) is 0 Å². The van der Waals surface area contributed by atoms with Crippen molar-refractivity contribution >= 4 is 46.4 Å². The number of rotatable bonds is 4. The van der Waals surface area contributed by atoms with Crippen LogP contribution in [-0.4, -0.2) is 23.4 Å². The highest BCUT2D eigenvalue weighted by Gasteiger charge is 2.43. The van der Waals surface area contributed by atoms with Gasteiger partial charge < -0.3 is 11.1 Å². The van der Waals surface area contributed by atoms with Crippen LogP contribution in [-0.2, 0) is 14.4 Å². The molecular weight excluding hydrogens is 344 g/mol. The molecule has 0 bridgehead atoms. The largest absolute Gasteiger partial charge is 0.385 e. The van der Waals surface area contributed by atoms with Gasteiger partial charge in [-0.2, -0.15) is 10.1 Å². The highest BCUT2D eigenvalue weighted by molar-refractivity contribution is 6.50. The van der Waals surface area contributed by atoms with Crippen LogP contribution in [0.4, 0.5) is 11.4 Å². The summed E-state index contributed by atoms with van der Waals surface area (Å²) < 4.78 is 0. The first-order valence-electron chi connectivity index (χ1n) is 7.31. The van der Waals surface area contributed by atoms with E-state index in [2.05, 4.69) is 10.4 Å². The fourth-order valence-electron chi connectivity index (χ4n) is 2.36. The van der Waals surface area contributed by atoms with Crippen molar-refractivity contribution in [2.24, 2.45) is 16.8 Å². The van der Waals surface area contributed by atoms with E-state index in [1.807, 2.05) is 0 Å². The summed E-state index contributed by atoms with van der Waals surface area (Å²) in [6, 6.07) is 14.8. The van der Waals surface area contributed by atoms with Gasteiger partial charge in [-0.05, 0) is 30.3 Å². The number of halogens is 1. The van der Waals surface area contributed by atoms with E-state index in [9.17, 15) is 14.4 Å². The fraction of sp³-hybridized carbons (Fsp3) is 0.0588. The number of ketones is 1. The molecule has 0 unspecified atom stereocenters. The zero-order valence-electron chi connectivity index (χ0n) is 12.8. The molecule has 1 aliphatic rings. The highest BCUT2D eigenvalue weighted by Crippen LogP contribution is 2.23. The second kappa shape index (κ2) is 6.74. The highest BCUT2D eigenvalue weighted by atomic mass is 35.5. The molecular formula is C17H13ClN4O3. The lowest BCUT2D eigenvalue weighted by molar-refractivity contribution is -0.138. The van der Waals surface area contributed by atoms with Gasteiger partial charge in [-0.25, -0.2) is 0 Å². The molecule has 8 heteroatoms. The minimum atomic E-state index is -1.45. The van der Waals surface area contributed by atoms with E-state index in [0.717, 1.165) is 5.01 Å². The number of amides is 2. The number of amidine groups is 1. The van der Waals surface area contributed by atoms with Crippen LogP contribution in [0.1, 0.15) is 0 Å². The maximum Gasteiger partial charge on any atom is 0.293 e. The Bertz CT molecular complexity index is 882. The Balaban J connectivity index is 1.77. The molecule has 0 saturated carbocycles. The molecule has 0 aromatic heterocycles. The van der Waals surface area contributed by atoms with Crippen molar-refractivity contribution in [2.75, 3.05) is 10.3 Å². The third-order valence-electron chi connectivity index (χ3n) is 3.54. The average molecular weight is 357 g/mol. The van der Waals surface area contributed by atoms with Gasteiger partial charge in [0.15, 0.2) is 5.92 Å². The number of benzene rings is 2. The predicted molar refractivity (Wildman–Crippen MR) is 94.1 cm³/mol. The van der Waals surface area contributed by atoms with E-state index in [4.69, 9.17) is 17.3 Å². The van der Waals surface area contributed by atoms with Gasteiger partial charge in [0.2, 0.25) is 5.78 Å². The monoisotopic (exact) mass is 356 g/mol. The molecule has 3 rings (SSSR count). The van der Waals surface area contributed by atoms with E-state index >= 15 is 0 Å². The maximum absolute atomic E-state index is 12.5. The predicted octanol–water partition coefficient (Wildman–Crippen LogP) is 1.78. The van der Waals surface area contributed by atoms with Gasteiger partial charge in [0.25, 0.3) is 11.8 Å². The van der Waals surface area contributed by atoms with E-state index in [0.29, 0.717) is 16.4 Å². The average Bonchev–Trinajstić information content (AvgIpc) is 2.89. The first kappa shape index (κ1) is 16.7. The molecule has 0 spiro atoms. The molecule has 25 heavy (non-hydrogen) atoms. The van der Waals surface area contributed by atoms with E-state index < -0.39 is 23.5 Å². The summed E-state index contributed by atoms with van der Waals surface area (Å²) in [5, 5.41) is 7.72. The van der Waals surface area contributed by atoms with Crippen LogP contribution in [0.2, 0.25) is 5.02 Å². The smallest absolute Gasteiger partial charge is 0.293 e. The van der Waals surface area contributed by atoms with E-state index in [1.54, 1.807) is 48.5 Å². The molecule has 7 nitrogen and oxygen atoms in total. The molecule has 126 valence electrons. The molecule has 0 fully saturated rings. The standard InChI is InChI=1S/C17H13ClN4O3/c18-10-5-4-6-11(9-10)20-16(24)14(23)13-15(19)21-22(17(13)25)12-7-2-1-3-8-12/h1-9,13H,(H2,19,21)(H,20,24)/t13-/m0/s1. The first-order chi connectivity index (χ1) is 12.0. The molecule has 2 amide bonds. The Morgan fingerprint density at radius 2 is 1.84 bits per heavy atom. The van der Waals surface area contributed by atoms with Gasteiger partial charge >= 0.3 is 0 Å². The minimum Gasteiger partial charge on any atom is -0.385 e. The quantitative estimate of drug-likeness (QED) is 0.643. The zero-order valence-corrected chi connectivity index (χ0v) is 13.6. The molecule has 1 atom stereocenters. The van der Waals surface area contributed by atoms with Crippen molar-refractivity contribution < 1.29 is 14.4 Å². The van der Waals surface area contributed by atoms with Crippen LogP contribution >= 0.6 is 11.6 Å². The lowest BCUT2D eigenvalue weighted by atomic mass is 10.0. The summed E-state index contributed by atoms with van der Waals surface area (Å²) in [6.45, 7) is 0. The van der Waals surface area contributed by atoms with Crippen LogP contribution in [0, 0.1) is 5.92 Å². The Kier molecular flexibility index (Phi) is 4.49. The number of nitrogens with two attached hydrogens (primary N) is 1. The van der Waals surface area contributed by atoms with Gasteiger partial charge in [0.05, 0.1) is 5.69 Å². The summed E-state index contributed by atoms with van der Waals surface area (Å²) in [6.07, 6.45) is 0. The Labute approximate surface area is 148 Å². The number of para-hydroxylation sites is 1. The molecule has 0 radical (unpaired) electrons. The van der Waals surface area contributed by atoms with Crippen LogP contribution < -0.4 is 16.1 Å². The number of hydrazone groups is 1. The lowest BCUT2D eigenvalue weighted by Crippen LogP contribution is -2.41. The Hall–Kier alpha value is -3.19. The number of Topliss-reactive ketones (excluding diaryl/α,β-unsaturated/α-hetero) is 1. The summed E-state index contributed by atoms with van der Waals surface area (Å²) in [7, 11) is 0. The van der Waals surface area contributed by atoms with Crippen molar-refractivity contribution in [3.8, 4) is 0 Å². The molecule has 3 N–H and O–H groups in total. The summed E-state index contributed by atoms with van der Waals surface area (Å²) in [5.74, 6) is -4.28. The SMILES string of the molecule is NC1=NN(c2ccccc2)C(=O)[C@H]1C(=O)C(=O)Nc1cccc(Cl)c1. The zero-order chi connectivity index (χ0) is 18.0. The topological polar surface area (TPSA) is 105 Å². The van der Waals surface area contributed by atoms with Crippen LogP contribution in [0.25, 0.3) is 0 Å². The molecule has 1 aliphatic heterocycles. The first-order valence-corrected chi connectivity index (χ1v) is 7.69. The summed E-state index contributed by atoms with van der Waals surface area (Å²) in [5.41, 5.74) is 6.52. The number of nitrogens with zero attached hydrogens (tertiary/aromatic N) is 2. The third-order valence-corrected chi connectivity index (χ3v) is 3.77. The number of carbonyl (C=O) groups excluding carboxylic acids is 3. The number of anilines is 2. The fourth-order valence-corrected chi connectivity index (χ4v) is 2.55. The molecule has 2 aromatic rings. The van der Waals surface area contributed by atoms with E-state index in [1.165, 1.54) is 6.07 Å². The second-order valence-corrected chi connectivity index (χ2v) is 5.71. The number of hydrogen-bond donors (Lipinski definition) is 2. The Morgan fingerprint density at radius 1 is 1.12 bits per heavy atom. The molecule has 2 aromatic carbocycles. The van der Waals surface area contributed by atoms with Gasteiger partial charge in [-0.15, -0.1) is 0 Å².